The summed E-state index contributed by atoms with van der Waals surface area (Å²) < 4.78 is 0. The van der Waals surface area contributed by atoms with Gasteiger partial charge in [-0.3, -0.25) is 4.98 Å². The molecule has 4 nitrogen and oxygen atoms in total. The number of nitrogens with one attached hydrogen (secondary N) is 1. The van der Waals surface area contributed by atoms with Crippen molar-refractivity contribution in [2.75, 3.05) is 11.9 Å². The number of aromatic nitrogens is 3. The van der Waals surface area contributed by atoms with Gasteiger partial charge in [-0.2, -0.15) is 0 Å². The lowest BCUT2D eigenvalue weighted by Crippen LogP contribution is -2.07. The summed E-state index contributed by atoms with van der Waals surface area (Å²) >= 11 is 0. The molecule has 0 atom stereocenters. The molecule has 0 fully saturated rings. The molecule has 0 saturated heterocycles. The Morgan fingerprint density at radius 3 is 2.31 bits per heavy atom. The molecule has 2 aromatic heterocycles. The molecule has 2 aromatic rings. The van der Waals surface area contributed by atoms with Crippen LogP contribution in [0.5, 0.6) is 0 Å². The molecule has 0 aliphatic heterocycles. The van der Waals surface area contributed by atoms with Crippen LogP contribution in [0, 0.1) is 0 Å². The van der Waals surface area contributed by atoms with Gasteiger partial charge >= 0.3 is 0 Å². The number of rotatable bonds is 12. The van der Waals surface area contributed by atoms with Crippen LogP contribution in [0.3, 0.4) is 0 Å². The maximum atomic E-state index is 4.68. The zero-order valence-corrected chi connectivity index (χ0v) is 16.7. The molecule has 1 N–H and O–H groups in total. The van der Waals surface area contributed by atoms with Crippen molar-refractivity contribution in [3.05, 3.63) is 36.2 Å². The van der Waals surface area contributed by atoms with Crippen LogP contribution in [0.25, 0.3) is 11.5 Å². The molecule has 142 valence electrons. The van der Waals surface area contributed by atoms with Crippen LogP contribution in [0.15, 0.2) is 30.5 Å². The second kappa shape index (κ2) is 11.6. The Labute approximate surface area is 158 Å². The molecular weight excluding hydrogens is 320 g/mol. The highest BCUT2D eigenvalue weighted by Gasteiger charge is 2.10. The quantitative estimate of drug-likeness (QED) is 0.460. The third-order valence-electron chi connectivity index (χ3n) is 4.57. The third-order valence-corrected chi connectivity index (χ3v) is 4.57. The van der Waals surface area contributed by atoms with Gasteiger partial charge in [0.15, 0.2) is 5.82 Å². The molecule has 4 heteroatoms. The number of anilines is 1. The second-order valence-electron chi connectivity index (χ2n) is 7.27. The van der Waals surface area contributed by atoms with Crippen LogP contribution in [0.4, 0.5) is 5.82 Å². The molecule has 2 heterocycles. The number of pyridine rings is 1. The Hall–Kier alpha value is -1.97. The Kier molecular flexibility index (Phi) is 9.08. The number of hydrogen-bond acceptors (Lipinski definition) is 4. The minimum atomic E-state index is 0.365. The van der Waals surface area contributed by atoms with Crippen molar-refractivity contribution in [1.82, 2.24) is 15.0 Å². The molecule has 0 spiro atoms. The lowest BCUT2D eigenvalue weighted by molar-refractivity contribution is 0.581. The summed E-state index contributed by atoms with van der Waals surface area (Å²) in [5, 5.41) is 3.48. The van der Waals surface area contributed by atoms with E-state index in [0.717, 1.165) is 23.8 Å². The first-order chi connectivity index (χ1) is 12.7. The van der Waals surface area contributed by atoms with Gasteiger partial charge in [0.25, 0.3) is 0 Å². The molecule has 26 heavy (non-hydrogen) atoms. The van der Waals surface area contributed by atoms with Crippen molar-refractivity contribution in [1.29, 1.82) is 0 Å². The summed E-state index contributed by atoms with van der Waals surface area (Å²) in [6, 6.07) is 7.92. The first kappa shape index (κ1) is 20.3. The van der Waals surface area contributed by atoms with E-state index < -0.39 is 0 Å². The van der Waals surface area contributed by atoms with Crippen molar-refractivity contribution < 1.29 is 0 Å². The van der Waals surface area contributed by atoms with Crippen LogP contribution < -0.4 is 5.32 Å². The predicted molar refractivity (Wildman–Crippen MR) is 110 cm³/mol. The summed E-state index contributed by atoms with van der Waals surface area (Å²) in [5.74, 6) is 1.98. The highest BCUT2D eigenvalue weighted by molar-refractivity contribution is 5.53. The fraction of sp³-hybridized carbons (Fsp3) is 0.591. The van der Waals surface area contributed by atoms with Gasteiger partial charge in [-0.15, -0.1) is 0 Å². The van der Waals surface area contributed by atoms with E-state index in [2.05, 4.69) is 47.1 Å². The third kappa shape index (κ3) is 7.11. The SMILES string of the molecule is CCCCCCCCCCNc1cc(C(C)C)nc(-c2ccccn2)n1. The van der Waals surface area contributed by atoms with E-state index in [1.54, 1.807) is 6.20 Å². The van der Waals surface area contributed by atoms with Gasteiger partial charge < -0.3 is 5.32 Å². The van der Waals surface area contributed by atoms with Crippen molar-refractivity contribution in [3.8, 4) is 11.5 Å². The summed E-state index contributed by atoms with van der Waals surface area (Å²) in [6.07, 6.45) is 12.5. The Morgan fingerprint density at radius 1 is 0.923 bits per heavy atom. The summed E-state index contributed by atoms with van der Waals surface area (Å²) in [4.78, 5) is 13.7. The maximum absolute atomic E-state index is 4.68. The van der Waals surface area contributed by atoms with Crippen molar-refractivity contribution in [2.45, 2.75) is 78.1 Å². The molecule has 0 aliphatic rings. The lowest BCUT2D eigenvalue weighted by Gasteiger charge is -2.11. The van der Waals surface area contributed by atoms with E-state index in [0.29, 0.717) is 11.7 Å². The van der Waals surface area contributed by atoms with E-state index in [-0.39, 0.29) is 0 Å². The molecule has 0 aromatic carbocycles. The van der Waals surface area contributed by atoms with Crippen LogP contribution >= 0.6 is 0 Å². The van der Waals surface area contributed by atoms with Crippen LogP contribution in [0.2, 0.25) is 0 Å². The van der Waals surface area contributed by atoms with Gasteiger partial charge in [-0.05, 0) is 24.5 Å². The van der Waals surface area contributed by atoms with Gasteiger partial charge in [-0.25, -0.2) is 9.97 Å². The van der Waals surface area contributed by atoms with Crippen LogP contribution in [0.1, 0.15) is 83.7 Å². The molecular formula is C22H34N4. The molecule has 0 amide bonds. The Morgan fingerprint density at radius 2 is 1.65 bits per heavy atom. The fourth-order valence-corrected chi connectivity index (χ4v) is 2.94. The van der Waals surface area contributed by atoms with Gasteiger partial charge in [0.1, 0.15) is 11.5 Å². The monoisotopic (exact) mass is 354 g/mol. The molecule has 0 unspecified atom stereocenters. The van der Waals surface area contributed by atoms with Crippen LogP contribution in [-0.4, -0.2) is 21.5 Å². The van der Waals surface area contributed by atoms with Gasteiger partial charge in [0.2, 0.25) is 0 Å². The van der Waals surface area contributed by atoms with Crippen molar-refractivity contribution in [3.63, 3.8) is 0 Å². The van der Waals surface area contributed by atoms with E-state index in [1.807, 2.05) is 18.2 Å². The minimum Gasteiger partial charge on any atom is -0.370 e. The molecule has 0 saturated carbocycles. The first-order valence-corrected chi connectivity index (χ1v) is 10.2. The van der Waals surface area contributed by atoms with Gasteiger partial charge in [0.05, 0.1) is 0 Å². The largest absolute Gasteiger partial charge is 0.370 e. The number of unbranched alkanes of at least 4 members (excludes halogenated alkanes) is 7. The highest BCUT2D eigenvalue weighted by Crippen LogP contribution is 2.20. The van der Waals surface area contributed by atoms with Crippen LogP contribution in [-0.2, 0) is 0 Å². The van der Waals surface area contributed by atoms with E-state index >= 15 is 0 Å². The maximum Gasteiger partial charge on any atom is 0.180 e. The average Bonchev–Trinajstić information content (AvgIpc) is 2.67. The fourth-order valence-electron chi connectivity index (χ4n) is 2.94. The highest BCUT2D eigenvalue weighted by atomic mass is 15.0. The zero-order chi connectivity index (χ0) is 18.6. The first-order valence-electron chi connectivity index (χ1n) is 10.2. The number of nitrogens with zero attached hydrogens (tertiary/aromatic N) is 3. The molecule has 2 rings (SSSR count). The summed E-state index contributed by atoms with van der Waals surface area (Å²) in [5.41, 5.74) is 1.88. The van der Waals surface area contributed by atoms with Crippen molar-refractivity contribution in [2.24, 2.45) is 0 Å². The molecule has 0 aliphatic carbocycles. The molecule has 0 radical (unpaired) electrons. The predicted octanol–water partition coefficient (Wildman–Crippen LogP) is 6.21. The average molecular weight is 355 g/mol. The standard InChI is InChI=1S/C22H34N4/c1-4-5-6-7-8-9-10-12-16-24-21-17-20(18(2)3)25-22(26-21)19-14-11-13-15-23-19/h11,13-15,17-18H,4-10,12,16H2,1-3H3,(H,24,25,26). The topological polar surface area (TPSA) is 50.7 Å². The Balaban J connectivity index is 1.84. The van der Waals surface area contributed by atoms with Crippen molar-refractivity contribution >= 4 is 5.82 Å². The second-order valence-corrected chi connectivity index (χ2v) is 7.27. The van der Waals surface area contributed by atoms with E-state index in [9.17, 15) is 0 Å². The smallest absolute Gasteiger partial charge is 0.180 e. The zero-order valence-electron chi connectivity index (χ0n) is 16.7. The van der Waals surface area contributed by atoms with E-state index in [1.165, 1.54) is 51.4 Å². The summed E-state index contributed by atoms with van der Waals surface area (Å²) in [6.45, 7) is 7.55. The van der Waals surface area contributed by atoms with Gasteiger partial charge in [-0.1, -0.05) is 71.8 Å². The molecule has 0 bridgehead atoms. The Bertz CT molecular complexity index is 625. The van der Waals surface area contributed by atoms with E-state index in [4.69, 9.17) is 0 Å². The number of hydrogen-bond donors (Lipinski definition) is 1. The summed E-state index contributed by atoms with van der Waals surface area (Å²) in [7, 11) is 0. The normalized spacial score (nSPS) is 11.1. The lowest BCUT2D eigenvalue weighted by atomic mass is 10.1. The van der Waals surface area contributed by atoms with Gasteiger partial charge in [0, 0.05) is 24.5 Å². The minimum absolute atomic E-state index is 0.365.